The summed E-state index contributed by atoms with van der Waals surface area (Å²) in [5.41, 5.74) is 0.0449. The fraction of sp³-hybridized carbons (Fsp3) is 0.308. The molecule has 0 unspecified atom stereocenters. The largest absolute Gasteiger partial charge is 0.478 e. The monoisotopic (exact) mass is 305 g/mol. The number of rotatable bonds is 2. The van der Waals surface area contributed by atoms with Crippen molar-refractivity contribution in [1.82, 2.24) is 0 Å². The summed E-state index contributed by atoms with van der Waals surface area (Å²) in [7, 11) is 0. The molecule has 0 amide bonds. The van der Waals surface area contributed by atoms with Crippen LogP contribution in [0.4, 0.5) is 18.9 Å². The Hall–Kier alpha value is -1.69. The molecule has 20 heavy (non-hydrogen) atoms. The highest BCUT2D eigenvalue weighted by Gasteiger charge is 2.34. The van der Waals surface area contributed by atoms with Crippen LogP contribution in [0.15, 0.2) is 29.8 Å². The van der Waals surface area contributed by atoms with Crippen LogP contribution in [0.25, 0.3) is 0 Å². The molecule has 0 radical (unpaired) electrons. The minimum absolute atomic E-state index is 0.0438. The first-order valence-corrected chi connectivity index (χ1v) is 6.21. The van der Waals surface area contributed by atoms with E-state index < -0.39 is 17.7 Å². The number of hydrogen-bond donors (Lipinski definition) is 1. The van der Waals surface area contributed by atoms with Gasteiger partial charge in [-0.3, -0.25) is 0 Å². The average Bonchev–Trinajstić information content (AvgIpc) is 2.37. The maximum absolute atomic E-state index is 12.5. The minimum atomic E-state index is -4.29. The number of carboxylic acids is 1. The lowest BCUT2D eigenvalue weighted by Crippen LogP contribution is -2.32. The molecule has 1 aliphatic rings. The van der Waals surface area contributed by atoms with E-state index in [0.29, 0.717) is 5.69 Å². The Morgan fingerprint density at radius 2 is 2.05 bits per heavy atom. The third-order valence-electron chi connectivity index (χ3n) is 3.11. The van der Waals surface area contributed by atoms with E-state index in [9.17, 15) is 18.0 Å². The van der Waals surface area contributed by atoms with Crippen LogP contribution in [0.1, 0.15) is 16.8 Å². The van der Waals surface area contributed by atoms with Crippen LogP contribution in [-0.4, -0.2) is 30.3 Å². The summed E-state index contributed by atoms with van der Waals surface area (Å²) in [5.74, 6) is -1.10. The molecule has 0 saturated carbocycles. The third kappa shape index (κ3) is 3.07. The molecule has 0 bridgehead atoms. The maximum atomic E-state index is 12.5. The molecule has 1 heterocycles. The van der Waals surface area contributed by atoms with Gasteiger partial charge in [0.1, 0.15) is 0 Å². The smallest absolute Gasteiger partial charge is 0.412 e. The molecule has 0 aliphatic carbocycles. The number of aromatic carboxylic acids is 1. The molecular weight excluding hydrogens is 295 g/mol. The van der Waals surface area contributed by atoms with Crippen LogP contribution in [0.3, 0.4) is 0 Å². The van der Waals surface area contributed by atoms with E-state index in [1.54, 1.807) is 4.90 Å². The van der Waals surface area contributed by atoms with E-state index >= 15 is 0 Å². The zero-order chi connectivity index (χ0) is 14.9. The first-order chi connectivity index (χ1) is 9.29. The lowest BCUT2D eigenvalue weighted by Gasteiger charge is -2.29. The number of anilines is 1. The van der Waals surface area contributed by atoms with Gasteiger partial charge in [-0.2, -0.15) is 13.2 Å². The van der Waals surface area contributed by atoms with Crippen molar-refractivity contribution in [2.45, 2.75) is 12.6 Å². The van der Waals surface area contributed by atoms with Crippen molar-refractivity contribution in [3.05, 3.63) is 40.4 Å². The Bertz CT molecular complexity index is 569. The first kappa shape index (κ1) is 14.7. The molecule has 0 saturated heterocycles. The van der Waals surface area contributed by atoms with Gasteiger partial charge in [-0.25, -0.2) is 4.79 Å². The number of alkyl halides is 3. The summed E-state index contributed by atoms with van der Waals surface area (Å²) < 4.78 is 37.5. The zero-order valence-corrected chi connectivity index (χ0v) is 11.0. The Morgan fingerprint density at radius 3 is 2.50 bits per heavy atom. The van der Waals surface area contributed by atoms with E-state index in [-0.39, 0.29) is 30.1 Å². The zero-order valence-electron chi connectivity index (χ0n) is 10.2. The quantitative estimate of drug-likeness (QED) is 0.846. The predicted molar refractivity (Wildman–Crippen MR) is 69.4 cm³/mol. The molecule has 0 fully saturated rings. The summed E-state index contributed by atoms with van der Waals surface area (Å²) in [6, 6.07) is 4.19. The summed E-state index contributed by atoms with van der Waals surface area (Å²) in [5, 5.41) is 9.04. The van der Waals surface area contributed by atoms with Crippen molar-refractivity contribution < 1.29 is 23.1 Å². The van der Waals surface area contributed by atoms with Crippen molar-refractivity contribution in [2.24, 2.45) is 0 Å². The Morgan fingerprint density at radius 1 is 1.35 bits per heavy atom. The van der Waals surface area contributed by atoms with Gasteiger partial charge < -0.3 is 10.0 Å². The number of halogens is 4. The van der Waals surface area contributed by atoms with Gasteiger partial charge in [0, 0.05) is 18.7 Å². The van der Waals surface area contributed by atoms with Crippen LogP contribution < -0.4 is 4.90 Å². The Kier molecular flexibility index (Phi) is 3.94. The topological polar surface area (TPSA) is 40.5 Å². The fourth-order valence-corrected chi connectivity index (χ4v) is 2.34. The van der Waals surface area contributed by atoms with Crippen molar-refractivity contribution in [2.75, 3.05) is 18.0 Å². The fourth-order valence-electron chi connectivity index (χ4n) is 2.04. The lowest BCUT2D eigenvalue weighted by molar-refractivity contribution is -0.0944. The van der Waals surface area contributed by atoms with Gasteiger partial charge >= 0.3 is 12.1 Å². The van der Waals surface area contributed by atoms with E-state index in [4.69, 9.17) is 16.7 Å². The van der Waals surface area contributed by atoms with Gasteiger partial charge in [-0.15, -0.1) is 0 Å². The van der Waals surface area contributed by atoms with E-state index in [1.165, 1.54) is 18.2 Å². The number of hydrogen-bond acceptors (Lipinski definition) is 2. The first-order valence-electron chi connectivity index (χ1n) is 5.83. The van der Waals surface area contributed by atoms with E-state index in [2.05, 4.69) is 0 Å². The van der Waals surface area contributed by atoms with E-state index in [0.717, 1.165) is 6.08 Å². The normalized spacial score (nSPS) is 16.0. The molecule has 7 heteroatoms. The lowest BCUT2D eigenvalue weighted by atomic mass is 10.1. The second-order valence-corrected chi connectivity index (χ2v) is 4.80. The minimum Gasteiger partial charge on any atom is -0.478 e. The van der Waals surface area contributed by atoms with Crippen molar-refractivity contribution in [3.8, 4) is 0 Å². The summed E-state index contributed by atoms with van der Waals surface area (Å²) in [6.07, 6.45) is -3.27. The molecule has 3 nitrogen and oxygen atoms in total. The summed E-state index contributed by atoms with van der Waals surface area (Å²) in [6.45, 7) is 0.290. The average molecular weight is 306 g/mol. The molecule has 2 rings (SSSR count). The van der Waals surface area contributed by atoms with Crippen molar-refractivity contribution in [3.63, 3.8) is 0 Å². The molecule has 1 aromatic rings. The maximum Gasteiger partial charge on any atom is 0.412 e. The second kappa shape index (κ2) is 5.36. The number of carbonyl (C=O) groups is 1. The van der Waals surface area contributed by atoms with Crippen LogP contribution in [-0.2, 0) is 0 Å². The molecule has 1 aliphatic heterocycles. The standard InChI is InChI=1S/C13H11ClF3NO2/c14-10-7-8(12(19)20)1-2-11(10)18-5-3-9(4-6-18)13(15,16)17/h1-3,7H,4-6H2,(H,19,20). The van der Waals surface area contributed by atoms with Crippen LogP contribution in [0.5, 0.6) is 0 Å². The van der Waals surface area contributed by atoms with Gasteiger partial charge in [0.2, 0.25) is 0 Å². The van der Waals surface area contributed by atoms with Gasteiger partial charge in [-0.1, -0.05) is 17.7 Å². The number of carboxylic acid groups (broad SMARTS) is 1. The number of benzene rings is 1. The SMILES string of the molecule is O=C(O)c1ccc(N2CC=C(C(F)(F)F)CC2)c(Cl)c1. The van der Waals surface area contributed by atoms with Crippen LogP contribution in [0, 0.1) is 0 Å². The highest BCUT2D eigenvalue weighted by molar-refractivity contribution is 6.33. The highest BCUT2D eigenvalue weighted by Crippen LogP contribution is 2.33. The second-order valence-electron chi connectivity index (χ2n) is 4.39. The van der Waals surface area contributed by atoms with Crippen LogP contribution in [0.2, 0.25) is 5.02 Å². The molecule has 1 aromatic carbocycles. The number of nitrogens with zero attached hydrogens (tertiary/aromatic N) is 1. The molecular formula is C13H11ClF3NO2. The van der Waals surface area contributed by atoms with Gasteiger partial charge in [-0.05, 0) is 24.6 Å². The summed E-state index contributed by atoms with van der Waals surface area (Å²) in [4.78, 5) is 12.5. The van der Waals surface area contributed by atoms with Gasteiger partial charge in [0.25, 0.3) is 0 Å². The van der Waals surface area contributed by atoms with Gasteiger partial charge in [0.05, 0.1) is 16.3 Å². The van der Waals surface area contributed by atoms with Gasteiger partial charge in [0.15, 0.2) is 0 Å². The van der Waals surface area contributed by atoms with Crippen molar-refractivity contribution >= 4 is 23.3 Å². The predicted octanol–water partition coefficient (Wildman–Crippen LogP) is 3.74. The highest BCUT2D eigenvalue weighted by atomic mass is 35.5. The molecule has 0 spiro atoms. The van der Waals surface area contributed by atoms with Crippen LogP contribution >= 0.6 is 11.6 Å². The summed E-state index contributed by atoms with van der Waals surface area (Å²) >= 11 is 5.99. The Labute approximate surface area is 118 Å². The molecule has 0 aromatic heterocycles. The van der Waals surface area contributed by atoms with Crippen molar-refractivity contribution in [1.29, 1.82) is 0 Å². The molecule has 0 atom stereocenters. The third-order valence-corrected chi connectivity index (χ3v) is 3.41. The molecule has 1 N–H and O–H groups in total. The Balaban J connectivity index is 2.19. The molecule has 108 valence electrons. The van der Waals surface area contributed by atoms with E-state index in [1.807, 2.05) is 0 Å².